The SMILES string of the molecule is CC(O)c1ccc2c(c1)CCC(=O)N2. The van der Waals surface area contributed by atoms with Crippen molar-refractivity contribution in [1.29, 1.82) is 0 Å². The Hall–Kier alpha value is -1.35. The van der Waals surface area contributed by atoms with Crippen LogP contribution < -0.4 is 5.32 Å². The van der Waals surface area contributed by atoms with Gasteiger partial charge in [-0.3, -0.25) is 4.79 Å². The molecule has 14 heavy (non-hydrogen) atoms. The molecule has 0 saturated carbocycles. The van der Waals surface area contributed by atoms with E-state index in [4.69, 9.17) is 0 Å². The summed E-state index contributed by atoms with van der Waals surface area (Å²) in [7, 11) is 0. The highest BCUT2D eigenvalue weighted by atomic mass is 16.3. The Bertz CT molecular complexity index is 372. The highest BCUT2D eigenvalue weighted by molar-refractivity contribution is 5.93. The molecule has 0 radical (unpaired) electrons. The van der Waals surface area contributed by atoms with E-state index in [1.807, 2.05) is 18.2 Å². The summed E-state index contributed by atoms with van der Waals surface area (Å²) >= 11 is 0. The lowest BCUT2D eigenvalue weighted by atomic mass is 9.99. The predicted molar refractivity (Wildman–Crippen MR) is 54.0 cm³/mol. The van der Waals surface area contributed by atoms with E-state index in [9.17, 15) is 9.90 Å². The predicted octanol–water partition coefficient (Wildman–Crippen LogP) is 1.62. The van der Waals surface area contributed by atoms with Crippen LogP contribution in [0.15, 0.2) is 18.2 Å². The zero-order valence-corrected chi connectivity index (χ0v) is 8.08. The highest BCUT2D eigenvalue weighted by Crippen LogP contribution is 2.25. The normalized spacial score (nSPS) is 17.1. The Morgan fingerprint density at radius 2 is 2.21 bits per heavy atom. The van der Waals surface area contributed by atoms with Crippen LogP contribution in [0.1, 0.15) is 30.6 Å². The molecule has 1 atom stereocenters. The Kier molecular flexibility index (Phi) is 2.25. The maximum absolute atomic E-state index is 11.1. The van der Waals surface area contributed by atoms with E-state index in [0.717, 1.165) is 23.2 Å². The molecule has 2 N–H and O–H groups in total. The van der Waals surface area contributed by atoms with Gasteiger partial charge in [-0.05, 0) is 30.5 Å². The molecule has 0 aromatic heterocycles. The maximum atomic E-state index is 11.1. The molecule has 0 saturated heterocycles. The van der Waals surface area contributed by atoms with E-state index in [0.29, 0.717) is 6.42 Å². The zero-order valence-electron chi connectivity index (χ0n) is 8.08. The van der Waals surface area contributed by atoms with Gasteiger partial charge < -0.3 is 10.4 Å². The van der Waals surface area contributed by atoms with Crippen molar-refractivity contribution in [3.8, 4) is 0 Å². The van der Waals surface area contributed by atoms with Crippen LogP contribution in [0, 0.1) is 0 Å². The van der Waals surface area contributed by atoms with Gasteiger partial charge in [0.15, 0.2) is 0 Å². The fraction of sp³-hybridized carbons (Fsp3) is 0.364. The molecular weight excluding hydrogens is 178 g/mol. The number of carbonyl (C=O) groups excluding carboxylic acids is 1. The minimum atomic E-state index is -0.446. The zero-order chi connectivity index (χ0) is 10.1. The lowest BCUT2D eigenvalue weighted by Gasteiger charge is -2.18. The highest BCUT2D eigenvalue weighted by Gasteiger charge is 2.15. The third-order valence-electron chi connectivity index (χ3n) is 2.51. The Morgan fingerprint density at radius 3 is 2.93 bits per heavy atom. The molecule has 74 valence electrons. The summed E-state index contributed by atoms with van der Waals surface area (Å²) in [4.78, 5) is 11.1. The van der Waals surface area contributed by atoms with Gasteiger partial charge in [-0.2, -0.15) is 0 Å². The number of hydrogen-bond acceptors (Lipinski definition) is 2. The molecule has 0 bridgehead atoms. The third kappa shape index (κ3) is 1.63. The van der Waals surface area contributed by atoms with E-state index in [-0.39, 0.29) is 5.91 Å². The van der Waals surface area contributed by atoms with Crippen LogP contribution in [0.5, 0.6) is 0 Å². The number of fused-ring (bicyclic) bond motifs is 1. The number of amides is 1. The molecule has 0 fully saturated rings. The van der Waals surface area contributed by atoms with E-state index in [1.54, 1.807) is 6.92 Å². The number of benzene rings is 1. The summed E-state index contributed by atoms with van der Waals surface area (Å²) in [5, 5.41) is 12.2. The molecule has 0 spiro atoms. The molecule has 1 heterocycles. The Balaban J connectivity index is 2.36. The molecule has 0 aliphatic carbocycles. The number of nitrogens with one attached hydrogen (secondary N) is 1. The molecule has 1 aliphatic rings. The first-order valence-electron chi connectivity index (χ1n) is 4.77. The van der Waals surface area contributed by atoms with Gasteiger partial charge in [-0.25, -0.2) is 0 Å². The van der Waals surface area contributed by atoms with Crippen molar-refractivity contribution in [2.24, 2.45) is 0 Å². The number of aliphatic hydroxyl groups excluding tert-OH is 1. The van der Waals surface area contributed by atoms with Gasteiger partial charge in [0.1, 0.15) is 0 Å². The summed E-state index contributed by atoms with van der Waals surface area (Å²) in [6.07, 6.45) is 0.857. The average Bonchev–Trinajstić information content (AvgIpc) is 2.16. The van der Waals surface area contributed by atoms with Gasteiger partial charge in [-0.1, -0.05) is 12.1 Å². The van der Waals surface area contributed by atoms with Crippen LogP contribution in [0.4, 0.5) is 5.69 Å². The molecule has 3 nitrogen and oxygen atoms in total. The van der Waals surface area contributed by atoms with Gasteiger partial charge in [0, 0.05) is 12.1 Å². The summed E-state index contributed by atoms with van der Waals surface area (Å²) in [6, 6.07) is 5.66. The van der Waals surface area contributed by atoms with Gasteiger partial charge in [-0.15, -0.1) is 0 Å². The van der Waals surface area contributed by atoms with E-state index < -0.39 is 6.10 Å². The summed E-state index contributed by atoms with van der Waals surface area (Å²) in [6.45, 7) is 1.74. The minimum Gasteiger partial charge on any atom is -0.389 e. The average molecular weight is 191 g/mol. The van der Waals surface area contributed by atoms with Crippen molar-refractivity contribution in [2.75, 3.05) is 5.32 Å². The minimum absolute atomic E-state index is 0.0716. The first-order valence-corrected chi connectivity index (χ1v) is 4.77. The molecule has 1 aliphatic heterocycles. The number of rotatable bonds is 1. The fourth-order valence-electron chi connectivity index (χ4n) is 1.66. The second kappa shape index (κ2) is 3.42. The van der Waals surface area contributed by atoms with Crippen molar-refractivity contribution in [3.05, 3.63) is 29.3 Å². The lowest BCUT2D eigenvalue weighted by Crippen LogP contribution is -2.19. The van der Waals surface area contributed by atoms with Crippen molar-refractivity contribution < 1.29 is 9.90 Å². The molecule has 1 unspecified atom stereocenters. The molecule has 1 amide bonds. The van der Waals surface area contributed by atoms with E-state index in [1.165, 1.54) is 0 Å². The number of anilines is 1. The smallest absolute Gasteiger partial charge is 0.224 e. The van der Waals surface area contributed by atoms with Crippen LogP contribution in [0.3, 0.4) is 0 Å². The number of aliphatic hydroxyl groups is 1. The Morgan fingerprint density at radius 1 is 1.43 bits per heavy atom. The topological polar surface area (TPSA) is 49.3 Å². The van der Waals surface area contributed by atoms with Crippen LogP contribution in [0.25, 0.3) is 0 Å². The molecule has 1 aromatic carbocycles. The van der Waals surface area contributed by atoms with Crippen molar-refractivity contribution in [3.63, 3.8) is 0 Å². The van der Waals surface area contributed by atoms with Crippen LogP contribution in [-0.4, -0.2) is 11.0 Å². The van der Waals surface area contributed by atoms with Crippen molar-refractivity contribution in [1.82, 2.24) is 0 Å². The standard InChI is InChI=1S/C11H13NO2/c1-7(13)8-2-4-10-9(6-8)3-5-11(14)12-10/h2,4,6-7,13H,3,5H2,1H3,(H,12,14). The van der Waals surface area contributed by atoms with Crippen LogP contribution >= 0.6 is 0 Å². The lowest BCUT2D eigenvalue weighted by molar-refractivity contribution is -0.116. The van der Waals surface area contributed by atoms with Gasteiger partial charge in [0.25, 0.3) is 0 Å². The molecule has 1 aromatic rings. The Labute approximate surface area is 82.8 Å². The monoisotopic (exact) mass is 191 g/mol. The number of hydrogen-bond donors (Lipinski definition) is 2. The van der Waals surface area contributed by atoms with E-state index >= 15 is 0 Å². The summed E-state index contributed by atoms with van der Waals surface area (Å²) < 4.78 is 0. The van der Waals surface area contributed by atoms with Gasteiger partial charge >= 0.3 is 0 Å². The number of carbonyl (C=O) groups is 1. The first-order chi connectivity index (χ1) is 6.66. The van der Waals surface area contributed by atoms with Gasteiger partial charge in [0.2, 0.25) is 5.91 Å². The fourth-order valence-corrected chi connectivity index (χ4v) is 1.66. The van der Waals surface area contributed by atoms with E-state index in [2.05, 4.69) is 5.32 Å². The second-order valence-electron chi connectivity index (χ2n) is 3.64. The number of aryl methyl sites for hydroxylation is 1. The maximum Gasteiger partial charge on any atom is 0.224 e. The summed E-state index contributed by atoms with van der Waals surface area (Å²) in [5.41, 5.74) is 2.90. The molecule has 2 rings (SSSR count). The van der Waals surface area contributed by atoms with Gasteiger partial charge in [0.05, 0.1) is 6.10 Å². The third-order valence-corrected chi connectivity index (χ3v) is 2.51. The quantitative estimate of drug-likeness (QED) is 0.708. The summed E-state index contributed by atoms with van der Waals surface area (Å²) in [5.74, 6) is 0.0716. The van der Waals surface area contributed by atoms with Crippen molar-refractivity contribution in [2.45, 2.75) is 25.9 Å². The van der Waals surface area contributed by atoms with Crippen LogP contribution in [0.2, 0.25) is 0 Å². The first kappa shape index (κ1) is 9.21. The second-order valence-corrected chi connectivity index (χ2v) is 3.64. The molecule has 3 heteroatoms. The molecular formula is C11H13NO2. The largest absolute Gasteiger partial charge is 0.389 e. The van der Waals surface area contributed by atoms with Crippen molar-refractivity contribution >= 4 is 11.6 Å². The van der Waals surface area contributed by atoms with Crippen LogP contribution in [-0.2, 0) is 11.2 Å².